The van der Waals surface area contributed by atoms with E-state index < -0.39 is 41.2 Å². The minimum atomic E-state index is -1.55. The van der Waals surface area contributed by atoms with Gasteiger partial charge in [-0.2, -0.15) is 0 Å². The average molecular weight is 446 g/mol. The van der Waals surface area contributed by atoms with Gasteiger partial charge in [0.25, 0.3) is 0 Å². The Bertz CT molecular complexity index is 1030. The number of amides is 2. The Morgan fingerprint density at radius 1 is 1.26 bits per heavy atom. The van der Waals surface area contributed by atoms with Crippen LogP contribution in [-0.2, 0) is 20.9 Å². The summed E-state index contributed by atoms with van der Waals surface area (Å²) >= 11 is 1.49. The third kappa shape index (κ3) is 3.11. The lowest BCUT2D eigenvalue weighted by Gasteiger charge is -2.44. The minimum absolute atomic E-state index is 0.178. The van der Waals surface area contributed by atoms with Crippen LogP contribution < -0.4 is 0 Å². The Labute approximate surface area is 183 Å². The van der Waals surface area contributed by atoms with Gasteiger partial charge in [0.2, 0.25) is 11.8 Å². The lowest BCUT2D eigenvalue weighted by molar-refractivity contribution is -0.269. The van der Waals surface area contributed by atoms with Crippen LogP contribution in [0.1, 0.15) is 42.7 Å². The number of benzene rings is 1. The van der Waals surface area contributed by atoms with Crippen molar-refractivity contribution >= 4 is 23.2 Å². The monoisotopic (exact) mass is 445 g/mol. The smallest absolute Gasteiger partial charge is 0.233 e. The number of imide groups is 1. The van der Waals surface area contributed by atoms with Crippen LogP contribution in [0, 0.1) is 29.5 Å². The lowest BCUT2D eigenvalue weighted by Crippen LogP contribution is -2.53. The number of phenolic OH excluding ortho intramolecular Hbond substituents is 1. The van der Waals surface area contributed by atoms with Gasteiger partial charge in [-0.15, -0.1) is 11.3 Å². The summed E-state index contributed by atoms with van der Waals surface area (Å²) in [7, 11) is 0. The molecule has 6 nitrogen and oxygen atoms in total. The van der Waals surface area contributed by atoms with Crippen molar-refractivity contribution in [2.24, 2.45) is 23.7 Å². The van der Waals surface area contributed by atoms with Gasteiger partial charge in [-0.25, -0.2) is 4.39 Å². The molecule has 1 aromatic carbocycles. The number of aliphatic hydroxyl groups is 1. The summed E-state index contributed by atoms with van der Waals surface area (Å²) in [4.78, 5) is 28.8. The largest absolute Gasteiger partial charge is 0.505 e. The first kappa shape index (κ1) is 20.6. The number of likely N-dealkylation sites (tertiary alicyclic amines) is 1. The van der Waals surface area contributed by atoms with Gasteiger partial charge in [0.1, 0.15) is 0 Å². The first-order valence-corrected chi connectivity index (χ1v) is 11.5. The van der Waals surface area contributed by atoms with E-state index in [4.69, 9.17) is 4.74 Å². The second-order valence-electron chi connectivity index (χ2n) is 8.73. The number of carbonyl (C=O) groups is 2. The number of ether oxygens (including phenoxy) is 1. The molecule has 2 amide bonds. The normalized spacial score (nSPS) is 34.8. The van der Waals surface area contributed by atoms with E-state index in [0.29, 0.717) is 24.8 Å². The van der Waals surface area contributed by atoms with Gasteiger partial charge in [-0.1, -0.05) is 19.1 Å². The summed E-state index contributed by atoms with van der Waals surface area (Å²) < 4.78 is 20.0. The number of rotatable bonds is 4. The molecule has 164 valence electrons. The highest BCUT2D eigenvalue weighted by Gasteiger charge is 2.66. The van der Waals surface area contributed by atoms with Crippen LogP contribution in [0.5, 0.6) is 5.75 Å². The van der Waals surface area contributed by atoms with Crippen molar-refractivity contribution in [3.8, 4) is 5.75 Å². The van der Waals surface area contributed by atoms with Crippen molar-refractivity contribution in [3.63, 3.8) is 0 Å². The molecule has 1 aliphatic carbocycles. The van der Waals surface area contributed by atoms with Crippen LogP contribution in [0.15, 0.2) is 35.7 Å². The van der Waals surface area contributed by atoms with Crippen molar-refractivity contribution in [1.29, 1.82) is 0 Å². The molecule has 1 aromatic heterocycles. The average Bonchev–Trinajstić information content (AvgIpc) is 3.44. The molecular weight excluding hydrogens is 421 g/mol. The Morgan fingerprint density at radius 3 is 2.74 bits per heavy atom. The van der Waals surface area contributed by atoms with E-state index >= 15 is 0 Å². The third-order valence-corrected chi connectivity index (χ3v) is 8.05. The summed E-state index contributed by atoms with van der Waals surface area (Å²) in [6.07, 6.45) is 0.673. The molecule has 0 spiro atoms. The molecule has 0 unspecified atom stereocenters. The molecule has 0 radical (unpaired) electrons. The zero-order valence-corrected chi connectivity index (χ0v) is 17.8. The van der Waals surface area contributed by atoms with E-state index in [1.54, 1.807) is 6.07 Å². The summed E-state index contributed by atoms with van der Waals surface area (Å²) in [5.74, 6) is -5.18. The summed E-state index contributed by atoms with van der Waals surface area (Å²) in [5, 5.41) is 23.0. The molecule has 3 heterocycles. The predicted molar refractivity (Wildman–Crippen MR) is 110 cm³/mol. The molecule has 31 heavy (non-hydrogen) atoms. The van der Waals surface area contributed by atoms with Crippen LogP contribution in [0.3, 0.4) is 0 Å². The molecule has 6 atom stereocenters. The number of thiophene rings is 1. The van der Waals surface area contributed by atoms with Gasteiger partial charge >= 0.3 is 0 Å². The Kier molecular flexibility index (Phi) is 4.91. The van der Waals surface area contributed by atoms with Crippen molar-refractivity contribution in [3.05, 3.63) is 52.0 Å². The Morgan fingerprint density at radius 2 is 2.06 bits per heavy atom. The number of hydrogen-bond donors (Lipinski definition) is 2. The highest BCUT2D eigenvalue weighted by molar-refractivity contribution is 7.09. The highest BCUT2D eigenvalue weighted by Crippen LogP contribution is 2.59. The minimum Gasteiger partial charge on any atom is -0.505 e. The highest BCUT2D eigenvalue weighted by atomic mass is 32.1. The number of nitrogens with zero attached hydrogens (tertiary/aromatic N) is 1. The number of phenols is 1. The molecule has 3 aliphatic rings. The molecular formula is C23H24FNO5S. The Hall–Kier alpha value is -2.29. The van der Waals surface area contributed by atoms with Gasteiger partial charge in [-0.3, -0.25) is 14.5 Å². The number of halogens is 1. The van der Waals surface area contributed by atoms with Gasteiger partial charge in [0.05, 0.1) is 24.5 Å². The molecule has 0 bridgehead atoms. The van der Waals surface area contributed by atoms with Crippen LogP contribution in [0.2, 0.25) is 0 Å². The second-order valence-corrected chi connectivity index (χ2v) is 9.76. The standard InChI is InChI=1S/C23H24FNO5S/c1-2-13-9-15-20(22(28)25(21(15)27)11-14-4-3-7-31-14)16-10-19(30-23(13,16)29)12-5-6-18(26)17(24)8-12/h3-8,13,15-16,19-20,26,29H,2,9-11H2,1H3/t13-,15-,16-,19-,20-,23+/m0/s1. The van der Waals surface area contributed by atoms with E-state index in [-0.39, 0.29) is 24.3 Å². The van der Waals surface area contributed by atoms with E-state index in [1.807, 2.05) is 24.4 Å². The molecule has 3 fully saturated rings. The molecule has 2 aliphatic heterocycles. The summed E-state index contributed by atoms with van der Waals surface area (Å²) in [6, 6.07) is 7.80. The van der Waals surface area contributed by atoms with E-state index in [2.05, 4.69) is 0 Å². The zero-order valence-electron chi connectivity index (χ0n) is 17.0. The van der Waals surface area contributed by atoms with Gasteiger partial charge in [-0.05, 0) is 48.4 Å². The van der Waals surface area contributed by atoms with E-state index in [9.17, 15) is 24.2 Å². The number of hydrogen-bond acceptors (Lipinski definition) is 6. The number of carbonyl (C=O) groups excluding carboxylic acids is 2. The zero-order chi connectivity index (χ0) is 21.9. The fraction of sp³-hybridized carbons (Fsp3) is 0.478. The van der Waals surface area contributed by atoms with Gasteiger partial charge in [0.15, 0.2) is 17.4 Å². The molecule has 2 aromatic rings. The molecule has 1 saturated carbocycles. The lowest BCUT2D eigenvalue weighted by atomic mass is 9.64. The van der Waals surface area contributed by atoms with Crippen molar-refractivity contribution in [1.82, 2.24) is 4.90 Å². The van der Waals surface area contributed by atoms with Crippen LogP contribution in [0.25, 0.3) is 0 Å². The molecule has 2 saturated heterocycles. The van der Waals surface area contributed by atoms with Gasteiger partial charge in [0, 0.05) is 16.7 Å². The van der Waals surface area contributed by atoms with Crippen molar-refractivity contribution in [2.45, 2.75) is 44.6 Å². The molecule has 8 heteroatoms. The van der Waals surface area contributed by atoms with E-state index in [1.165, 1.54) is 28.4 Å². The third-order valence-electron chi connectivity index (χ3n) is 7.19. The first-order valence-electron chi connectivity index (χ1n) is 10.6. The maximum Gasteiger partial charge on any atom is 0.233 e. The van der Waals surface area contributed by atoms with Crippen LogP contribution in [-0.4, -0.2) is 32.7 Å². The summed E-state index contributed by atoms with van der Waals surface area (Å²) in [5.41, 5.74) is 0.497. The van der Waals surface area contributed by atoms with Crippen molar-refractivity contribution in [2.75, 3.05) is 0 Å². The quantitative estimate of drug-likeness (QED) is 0.703. The van der Waals surface area contributed by atoms with Gasteiger partial charge < -0.3 is 14.9 Å². The van der Waals surface area contributed by atoms with Crippen LogP contribution >= 0.6 is 11.3 Å². The second kappa shape index (κ2) is 7.39. The fourth-order valence-corrected chi connectivity index (χ4v) is 6.35. The van der Waals surface area contributed by atoms with Crippen LogP contribution in [0.4, 0.5) is 4.39 Å². The maximum atomic E-state index is 13.9. The van der Waals surface area contributed by atoms with E-state index in [0.717, 1.165) is 4.88 Å². The maximum absolute atomic E-state index is 13.9. The first-order chi connectivity index (χ1) is 14.8. The predicted octanol–water partition coefficient (Wildman–Crippen LogP) is 3.59. The Balaban J connectivity index is 1.48. The number of fused-ring (bicyclic) bond motifs is 3. The topological polar surface area (TPSA) is 87.1 Å². The SMILES string of the molecule is CC[C@H]1C[C@@H]2C(=O)N(Cc3cccs3)C(=O)[C@@H]2[C@@H]2C[C@@H](c3ccc(O)c(F)c3)O[C@]12O. The number of aromatic hydroxyl groups is 1. The molecule has 5 rings (SSSR count). The summed E-state index contributed by atoms with van der Waals surface area (Å²) in [6.45, 7) is 2.18. The fourth-order valence-electron chi connectivity index (χ4n) is 5.66. The molecule has 2 N–H and O–H groups in total. The van der Waals surface area contributed by atoms with Crippen molar-refractivity contribution < 1.29 is 28.9 Å².